The van der Waals surface area contributed by atoms with Gasteiger partial charge >= 0.3 is 0 Å². The predicted octanol–water partition coefficient (Wildman–Crippen LogP) is -0.172. The van der Waals surface area contributed by atoms with Crippen molar-refractivity contribution in [3.63, 3.8) is 0 Å². The molecule has 90 valence electrons. The largest absolute Gasteiger partial charge is 0.335 e. The number of aryl methyl sites for hydroxylation is 1. The van der Waals surface area contributed by atoms with Crippen molar-refractivity contribution in [3.8, 4) is 0 Å². The Morgan fingerprint density at radius 2 is 2.35 bits per heavy atom. The summed E-state index contributed by atoms with van der Waals surface area (Å²) in [6, 6.07) is 0. The van der Waals surface area contributed by atoms with Crippen LogP contribution in [0.1, 0.15) is 10.5 Å². The molecule has 0 bridgehead atoms. The van der Waals surface area contributed by atoms with Crippen LogP contribution in [0.2, 0.25) is 0 Å². The van der Waals surface area contributed by atoms with Crippen LogP contribution in [0.4, 0.5) is 5.69 Å². The normalized spacial score (nSPS) is 10.5. The summed E-state index contributed by atoms with van der Waals surface area (Å²) in [5, 5.41) is 6.66. The number of hydrogen-bond donors (Lipinski definition) is 2. The maximum atomic E-state index is 11.8. The fourth-order valence-electron chi connectivity index (χ4n) is 1.43. The van der Waals surface area contributed by atoms with Gasteiger partial charge in [0.2, 0.25) is 0 Å². The van der Waals surface area contributed by atoms with Crippen molar-refractivity contribution in [2.45, 2.75) is 6.54 Å². The van der Waals surface area contributed by atoms with Crippen molar-refractivity contribution in [1.29, 1.82) is 0 Å². The van der Waals surface area contributed by atoms with Gasteiger partial charge in [0.05, 0.1) is 18.2 Å². The Labute approximate surface area is 98.2 Å². The minimum absolute atomic E-state index is 0.256. The van der Waals surface area contributed by atoms with E-state index in [0.717, 1.165) is 0 Å². The lowest BCUT2D eigenvalue weighted by molar-refractivity contribution is 0.102. The first-order chi connectivity index (χ1) is 8.19. The third-order valence-electron chi connectivity index (χ3n) is 2.22. The Bertz CT molecular complexity index is 514. The highest BCUT2D eigenvalue weighted by molar-refractivity contribution is 6.02. The number of hydrogen-bond acceptors (Lipinski definition) is 4. The Hall–Kier alpha value is -2.15. The SMILES string of the molecule is Cn1cc(NC(=O)c2cn(CCN)cn2)cn1. The van der Waals surface area contributed by atoms with E-state index in [1.807, 2.05) is 0 Å². The lowest BCUT2D eigenvalue weighted by atomic mass is 10.4. The van der Waals surface area contributed by atoms with E-state index in [-0.39, 0.29) is 5.91 Å². The van der Waals surface area contributed by atoms with Gasteiger partial charge in [-0.05, 0) is 0 Å². The summed E-state index contributed by atoms with van der Waals surface area (Å²) in [5.41, 5.74) is 6.42. The second-order valence-electron chi connectivity index (χ2n) is 3.64. The monoisotopic (exact) mass is 234 g/mol. The fraction of sp³-hybridized carbons (Fsp3) is 0.300. The topological polar surface area (TPSA) is 90.8 Å². The van der Waals surface area contributed by atoms with Crippen molar-refractivity contribution in [2.24, 2.45) is 12.8 Å². The van der Waals surface area contributed by atoms with E-state index in [9.17, 15) is 4.79 Å². The molecule has 0 aliphatic heterocycles. The zero-order valence-corrected chi connectivity index (χ0v) is 9.50. The summed E-state index contributed by atoms with van der Waals surface area (Å²) in [7, 11) is 1.78. The van der Waals surface area contributed by atoms with Gasteiger partial charge in [-0.3, -0.25) is 9.48 Å². The summed E-state index contributed by atoms with van der Waals surface area (Å²) >= 11 is 0. The van der Waals surface area contributed by atoms with Crippen molar-refractivity contribution in [1.82, 2.24) is 19.3 Å². The van der Waals surface area contributed by atoms with Gasteiger partial charge in [0.15, 0.2) is 0 Å². The molecule has 2 aromatic rings. The zero-order valence-electron chi connectivity index (χ0n) is 9.50. The molecule has 2 rings (SSSR count). The van der Waals surface area contributed by atoms with E-state index in [0.29, 0.717) is 24.5 Å². The number of anilines is 1. The van der Waals surface area contributed by atoms with Crippen molar-refractivity contribution >= 4 is 11.6 Å². The highest BCUT2D eigenvalue weighted by Crippen LogP contribution is 2.06. The molecular weight excluding hydrogens is 220 g/mol. The summed E-state index contributed by atoms with van der Waals surface area (Å²) in [4.78, 5) is 15.8. The van der Waals surface area contributed by atoms with Crippen LogP contribution < -0.4 is 11.1 Å². The van der Waals surface area contributed by atoms with Crippen LogP contribution in [-0.2, 0) is 13.6 Å². The quantitative estimate of drug-likeness (QED) is 0.768. The molecule has 2 heterocycles. The summed E-state index contributed by atoms with van der Waals surface area (Å²) < 4.78 is 3.39. The second-order valence-corrected chi connectivity index (χ2v) is 3.64. The molecule has 0 fully saturated rings. The Morgan fingerprint density at radius 3 is 3.00 bits per heavy atom. The lowest BCUT2D eigenvalue weighted by Gasteiger charge is -1.98. The van der Waals surface area contributed by atoms with Gasteiger partial charge in [0, 0.05) is 32.5 Å². The molecule has 0 saturated carbocycles. The number of nitrogens with zero attached hydrogens (tertiary/aromatic N) is 4. The molecular formula is C10H14N6O. The summed E-state index contributed by atoms with van der Waals surface area (Å²) in [6.07, 6.45) is 6.55. The molecule has 0 aromatic carbocycles. The number of imidazole rings is 1. The highest BCUT2D eigenvalue weighted by Gasteiger charge is 2.10. The number of amides is 1. The molecule has 0 radical (unpaired) electrons. The lowest BCUT2D eigenvalue weighted by Crippen LogP contribution is -2.12. The minimum Gasteiger partial charge on any atom is -0.335 e. The molecule has 2 aromatic heterocycles. The molecule has 0 saturated heterocycles. The summed E-state index contributed by atoms with van der Waals surface area (Å²) in [6.45, 7) is 1.16. The van der Waals surface area contributed by atoms with Gasteiger partial charge in [0.25, 0.3) is 5.91 Å². The molecule has 0 unspecified atom stereocenters. The number of aromatic nitrogens is 4. The smallest absolute Gasteiger partial charge is 0.275 e. The van der Waals surface area contributed by atoms with Crippen LogP contribution in [-0.4, -0.2) is 31.8 Å². The molecule has 1 amide bonds. The van der Waals surface area contributed by atoms with Crippen LogP contribution in [0.25, 0.3) is 0 Å². The third kappa shape index (κ3) is 2.70. The van der Waals surface area contributed by atoms with Gasteiger partial charge in [-0.2, -0.15) is 5.10 Å². The molecule has 0 atom stereocenters. The van der Waals surface area contributed by atoms with Gasteiger partial charge in [-0.25, -0.2) is 4.98 Å². The van der Waals surface area contributed by atoms with Crippen LogP contribution in [0.3, 0.4) is 0 Å². The number of carbonyl (C=O) groups excluding carboxylic acids is 1. The van der Waals surface area contributed by atoms with E-state index in [2.05, 4.69) is 15.4 Å². The predicted molar refractivity (Wildman–Crippen MR) is 62.4 cm³/mol. The van der Waals surface area contributed by atoms with Crippen LogP contribution in [0, 0.1) is 0 Å². The molecule has 0 aliphatic rings. The first kappa shape index (κ1) is 11.3. The molecule has 0 aliphatic carbocycles. The number of carbonyl (C=O) groups is 1. The molecule has 7 heteroatoms. The minimum atomic E-state index is -0.256. The van der Waals surface area contributed by atoms with Gasteiger partial charge in [-0.15, -0.1) is 0 Å². The average Bonchev–Trinajstić information content (AvgIpc) is 2.88. The number of nitrogens with two attached hydrogens (primary N) is 1. The number of rotatable bonds is 4. The second kappa shape index (κ2) is 4.79. The molecule has 7 nitrogen and oxygen atoms in total. The van der Waals surface area contributed by atoms with E-state index in [4.69, 9.17) is 5.73 Å². The van der Waals surface area contributed by atoms with E-state index >= 15 is 0 Å². The molecule has 3 N–H and O–H groups in total. The molecule has 0 spiro atoms. The van der Waals surface area contributed by atoms with Crippen molar-refractivity contribution < 1.29 is 4.79 Å². The van der Waals surface area contributed by atoms with E-state index in [1.54, 1.807) is 41.2 Å². The first-order valence-electron chi connectivity index (χ1n) is 5.21. The van der Waals surface area contributed by atoms with E-state index in [1.165, 1.54) is 0 Å². The van der Waals surface area contributed by atoms with Crippen LogP contribution in [0.15, 0.2) is 24.9 Å². The van der Waals surface area contributed by atoms with Crippen LogP contribution in [0.5, 0.6) is 0 Å². The van der Waals surface area contributed by atoms with E-state index < -0.39 is 0 Å². The van der Waals surface area contributed by atoms with Crippen LogP contribution >= 0.6 is 0 Å². The summed E-state index contributed by atoms with van der Waals surface area (Å²) in [5.74, 6) is -0.256. The molecule has 17 heavy (non-hydrogen) atoms. The van der Waals surface area contributed by atoms with Gasteiger partial charge in [0.1, 0.15) is 5.69 Å². The van der Waals surface area contributed by atoms with Crippen molar-refractivity contribution in [2.75, 3.05) is 11.9 Å². The average molecular weight is 234 g/mol. The Balaban J connectivity index is 2.03. The van der Waals surface area contributed by atoms with Gasteiger partial charge < -0.3 is 15.6 Å². The maximum absolute atomic E-state index is 11.8. The van der Waals surface area contributed by atoms with Crippen molar-refractivity contribution in [3.05, 3.63) is 30.6 Å². The first-order valence-corrected chi connectivity index (χ1v) is 5.21. The Kier molecular flexibility index (Phi) is 3.20. The fourth-order valence-corrected chi connectivity index (χ4v) is 1.43. The maximum Gasteiger partial charge on any atom is 0.275 e. The Morgan fingerprint density at radius 1 is 1.53 bits per heavy atom. The standard InChI is InChI=1S/C10H14N6O/c1-15-5-8(4-13-15)14-10(17)9-6-16(3-2-11)7-12-9/h4-7H,2-3,11H2,1H3,(H,14,17). The number of nitrogens with one attached hydrogen (secondary N) is 1. The zero-order chi connectivity index (χ0) is 12.3. The highest BCUT2D eigenvalue weighted by atomic mass is 16.1. The van der Waals surface area contributed by atoms with Gasteiger partial charge in [-0.1, -0.05) is 0 Å². The third-order valence-corrected chi connectivity index (χ3v) is 2.22.